The highest BCUT2D eigenvalue weighted by Gasteiger charge is 2.05. The number of amides is 1. The van der Waals surface area contributed by atoms with E-state index in [-0.39, 0.29) is 5.91 Å². The number of nitrogens with zero attached hydrogens (tertiary/aromatic N) is 1. The van der Waals surface area contributed by atoms with E-state index in [1.807, 2.05) is 36.2 Å². The van der Waals surface area contributed by atoms with Crippen molar-refractivity contribution < 1.29 is 14.7 Å². The lowest BCUT2D eigenvalue weighted by molar-refractivity contribution is -0.131. The Morgan fingerprint density at radius 2 is 2.16 bits per heavy atom. The second kappa shape index (κ2) is 7.33. The summed E-state index contributed by atoms with van der Waals surface area (Å²) in [6.45, 7) is 0.952. The van der Waals surface area contributed by atoms with Crippen molar-refractivity contribution in [1.29, 1.82) is 0 Å². The Balaban J connectivity index is 2.66. The first-order chi connectivity index (χ1) is 9.01. The predicted octanol–water partition coefficient (Wildman–Crippen LogP) is 0.962. The average Bonchev–Trinajstić information content (AvgIpc) is 2.36. The highest BCUT2D eigenvalue weighted by Crippen LogP contribution is 2.09. The van der Waals surface area contributed by atoms with Crippen LogP contribution in [0.4, 0.5) is 0 Å². The molecule has 0 aliphatic heterocycles. The molecular formula is C14H18N2O3. The van der Waals surface area contributed by atoms with Crippen molar-refractivity contribution in [2.45, 2.75) is 6.54 Å². The standard InChI is InChI=1S/C14H18N2O3/c1-15-13(17)10-16(2)9-12-5-3-4-11(8-12)6-7-14(18)19/h3-8H,9-10H2,1-2H3,(H,15,17)(H,18,19). The van der Waals surface area contributed by atoms with Gasteiger partial charge in [0, 0.05) is 19.7 Å². The van der Waals surface area contributed by atoms with Crippen LogP contribution in [0.15, 0.2) is 30.3 Å². The van der Waals surface area contributed by atoms with Crippen LogP contribution in [0.25, 0.3) is 6.08 Å². The van der Waals surface area contributed by atoms with Crippen molar-refractivity contribution >= 4 is 18.0 Å². The quantitative estimate of drug-likeness (QED) is 0.749. The number of likely N-dealkylation sites (N-methyl/N-ethyl adjacent to an activating group) is 2. The molecule has 0 aliphatic rings. The Kier molecular flexibility index (Phi) is 5.75. The summed E-state index contributed by atoms with van der Waals surface area (Å²) in [4.78, 5) is 23.6. The highest BCUT2D eigenvalue weighted by atomic mass is 16.4. The van der Waals surface area contributed by atoms with E-state index >= 15 is 0 Å². The summed E-state index contributed by atoms with van der Waals surface area (Å²) in [7, 11) is 3.46. The molecule has 0 aromatic heterocycles. The van der Waals surface area contributed by atoms with E-state index in [1.54, 1.807) is 13.1 Å². The lowest BCUT2D eigenvalue weighted by atomic mass is 10.1. The molecule has 0 spiro atoms. The van der Waals surface area contributed by atoms with E-state index in [1.165, 1.54) is 0 Å². The third-order valence-electron chi connectivity index (χ3n) is 2.51. The molecule has 102 valence electrons. The SMILES string of the molecule is CNC(=O)CN(C)Cc1cccc(C=CC(=O)O)c1. The highest BCUT2D eigenvalue weighted by molar-refractivity contribution is 5.85. The predicted molar refractivity (Wildman–Crippen MR) is 73.5 cm³/mol. The van der Waals surface area contributed by atoms with Gasteiger partial charge in [-0.2, -0.15) is 0 Å². The maximum atomic E-state index is 11.2. The van der Waals surface area contributed by atoms with Gasteiger partial charge in [-0.3, -0.25) is 9.69 Å². The van der Waals surface area contributed by atoms with Gasteiger partial charge in [0.25, 0.3) is 0 Å². The van der Waals surface area contributed by atoms with Crippen molar-refractivity contribution in [2.24, 2.45) is 0 Å². The van der Waals surface area contributed by atoms with E-state index < -0.39 is 5.97 Å². The number of rotatable bonds is 6. The minimum absolute atomic E-state index is 0.0376. The summed E-state index contributed by atoms with van der Waals surface area (Å²) in [5, 5.41) is 11.1. The van der Waals surface area contributed by atoms with Crippen molar-refractivity contribution in [3.63, 3.8) is 0 Å². The second-order valence-corrected chi connectivity index (χ2v) is 4.26. The van der Waals surface area contributed by atoms with E-state index in [4.69, 9.17) is 5.11 Å². The van der Waals surface area contributed by atoms with Crippen LogP contribution in [0.2, 0.25) is 0 Å². The fourth-order valence-electron chi connectivity index (χ4n) is 1.65. The molecule has 0 unspecified atom stereocenters. The summed E-state index contributed by atoms with van der Waals surface area (Å²) in [6.07, 6.45) is 2.65. The summed E-state index contributed by atoms with van der Waals surface area (Å²) in [6, 6.07) is 7.55. The maximum Gasteiger partial charge on any atom is 0.328 e. The zero-order valence-electron chi connectivity index (χ0n) is 11.1. The number of nitrogens with one attached hydrogen (secondary N) is 1. The molecule has 1 rings (SSSR count). The van der Waals surface area contributed by atoms with Gasteiger partial charge in [-0.05, 0) is 24.3 Å². The van der Waals surface area contributed by atoms with Crippen molar-refractivity contribution in [2.75, 3.05) is 20.6 Å². The number of carboxylic acids is 1. The van der Waals surface area contributed by atoms with Crippen LogP contribution in [-0.4, -0.2) is 42.5 Å². The van der Waals surface area contributed by atoms with Crippen molar-refractivity contribution in [3.05, 3.63) is 41.5 Å². The van der Waals surface area contributed by atoms with Crippen molar-refractivity contribution in [1.82, 2.24) is 10.2 Å². The second-order valence-electron chi connectivity index (χ2n) is 4.26. The van der Waals surface area contributed by atoms with Gasteiger partial charge in [0.2, 0.25) is 5.91 Å². The lowest BCUT2D eigenvalue weighted by Gasteiger charge is -2.15. The first kappa shape index (κ1) is 14.9. The summed E-state index contributed by atoms with van der Waals surface area (Å²) in [5.41, 5.74) is 1.85. The molecule has 2 N–H and O–H groups in total. The molecule has 1 amide bonds. The summed E-state index contributed by atoms with van der Waals surface area (Å²) >= 11 is 0. The average molecular weight is 262 g/mol. The third-order valence-corrected chi connectivity index (χ3v) is 2.51. The molecule has 19 heavy (non-hydrogen) atoms. The number of aliphatic carboxylic acids is 1. The Morgan fingerprint density at radius 3 is 2.79 bits per heavy atom. The fourth-order valence-corrected chi connectivity index (χ4v) is 1.65. The Bertz CT molecular complexity index is 483. The molecule has 0 fully saturated rings. The van der Waals surface area contributed by atoms with Crippen LogP contribution >= 0.6 is 0 Å². The van der Waals surface area contributed by atoms with E-state index in [0.717, 1.165) is 17.2 Å². The van der Waals surface area contributed by atoms with Gasteiger partial charge < -0.3 is 10.4 Å². The van der Waals surface area contributed by atoms with Gasteiger partial charge in [0.05, 0.1) is 6.54 Å². The van der Waals surface area contributed by atoms with Crippen LogP contribution in [0.3, 0.4) is 0 Å². The molecule has 0 saturated heterocycles. The van der Waals surface area contributed by atoms with Crippen LogP contribution in [0.1, 0.15) is 11.1 Å². The van der Waals surface area contributed by atoms with Crippen LogP contribution in [0, 0.1) is 0 Å². The molecule has 5 heteroatoms. The van der Waals surface area contributed by atoms with Gasteiger partial charge in [0.1, 0.15) is 0 Å². The van der Waals surface area contributed by atoms with E-state index in [2.05, 4.69) is 5.32 Å². The largest absolute Gasteiger partial charge is 0.478 e. The minimum Gasteiger partial charge on any atom is -0.478 e. The van der Waals surface area contributed by atoms with Crippen molar-refractivity contribution in [3.8, 4) is 0 Å². The summed E-state index contributed by atoms with van der Waals surface area (Å²) in [5.74, 6) is -1.01. The monoisotopic (exact) mass is 262 g/mol. The van der Waals surface area contributed by atoms with Gasteiger partial charge in [-0.25, -0.2) is 4.79 Å². The fraction of sp³-hybridized carbons (Fsp3) is 0.286. The summed E-state index contributed by atoms with van der Waals surface area (Å²) < 4.78 is 0. The first-order valence-corrected chi connectivity index (χ1v) is 5.90. The molecule has 1 aromatic rings. The number of benzene rings is 1. The van der Waals surface area contributed by atoms with Gasteiger partial charge in [-0.15, -0.1) is 0 Å². The molecule has 0 bridgehead atoms. The number of carboxylic acid groups (broad SMARTS) is 1. The molecule has 0 heterocycles. The maximum absolute atomic E-state index is 11.2. The Morgan fingerprint density at radius 1 is 1.42 bits per heavy atom. The number of hydrogen-bond acceptors (Lipinski definition) is 3. The zero-order valence-corrected chi connectivity index (χ0v) is 11.1. The number of carbonyl (C=O) groups is 2. The lowest BCUT2D eigenvalue weighted by Crippen LogP contribution is -2.32. The molecule has 5 nitrogen and oxygen atoms in total. The molecule has 1 aromatic carbocycles. The van der Waals surface area contributed by atoms with Crippen LogP contribution < -0.4 is 5.32 Å². The van der Waals surface area contributed by atoms with Gasteiger partial charge >= 0.3 is 5.97 Å². The first-order valence-electron chi connectivity index (χ1n) is 5.90. The van der Waals surface area contributed by atoms with Crippen LogP contribution in [0.5, 0.6) is 0 Å². The Hall–Kier alpha value is -2.14. The van der Waals surface area contributed by atoms with E-state index in [9.17, 15) is 9.59 Å². The van der Waals surface area contributed by atoms with Gasteiger partial charge in [0.15, 0.2) is 0 Å². The molecule has 0 aliphatic carbocycles. The van der Waals surface area contributed by atoms with Gasteiger partial charge in [-0.1, -0.05) is 24.3 Å². The molecular weight excluding hydrogens is 244 g/mol. The normalized spacial score (nSPS) is 10.9. The smallest absolute Gasteiger partial charge is 0.328 e. The number of carbonyl (C=O) groups excluding carboxylic acids is 1. The number of hydrogen-bond donors (Lipinski definition) is 2. The molecule has 0 radical (unpaired) electrons. The van der Waals surface area contributed by atoms with E-state index in [0.29, 0.717) is 13.1 Å². The Labute approximate surface area is 112 Å². The van der Waals surface area contributed by atoms with Crippen LogP contribution in [-0.2, 0) is 16.1 Å². The topological polar surface area (TPSA) is 69.6 Å². The third kappa shape index (κ3) is 5.83. The molecule has 0 atom stereocenters. The zero-order chi connectivity index (χ0) is 14.3. The molecule has 0 saturated carbocycles. The minimum atomic E-state index is -0.970.